The summed E-state index contributed by atoms with van der Waals surface area (Å²) in [4.78, 5) is 0. The predicted molar refractivity (Wildman–Crippen MR) is 88.2 cm³/mol. The molecule has 0 spiro atoms. The first-order valence-electron chi connectivity index (χ1n) is 8.30. The smallest absolute Gasteiger partial charge is 0.138 e. The number of hydrogen-bond acceptors (Lipinski definition) is 2. The molecule has 21 heavy (non-hydrogen) atoms. The fourth-order valence-electron chi connectivity index (χ4n) is 2.56. The number of fused-ring (bicyclic) bond motifs is 3. The third-order valence-electron chi connectivity index (χ3n) is 3.56. The molecule has 0 radical (unpaired) electrons. The lowest BCUT2D eigenvalue weighted by Crippen LogP contribution is -1.88. The number of benzene rings is 3. The molecule has 0 atom stereocenters. The van der Waals surface area contributed by atoms with Gasteiger partial charge in [-0.3, -0.25) is 0 Å². The van der Waals surface area contributed by atoms with Crippen LogP contribution in [0.3, 0.4) is 0 Å². The van der Waals surface area contributed by atoms with Gasteiger partial charge in [-0.1, -0.05) is 36.4 Å². The van der Waals surface area contributed by atoms with Crippen LogP contribution < -0.4 is 5.32 Å². The molecule has 0 unspecified atom stereocenters. The minimum Gasteiger partial charge on any atom is -0.456 e. The first-order valence-corrected chi connectivity index (χ1v) is 6.80. The average Bonchev–Trinajstić information content (AvgIpc) is 2.93. The van der Waals surface area contributed by atoms with Crippen molar-refractivity contribution in [2.24, 2.45) is 0 Å². The van der Waals surface area contributed by atoms with Crippen molar-refractivity contribution in [1.82, 2.24) is 0 Å². The van der Waals surface area contributed by atoms with E-state index in [1.807, 2.05) is 54.6 Å². The van der Waals surface area contributed by atoms with E-state index in [0.717, 1.165) is 22.1 Å². The van der Waals surface area contributed by atoms with Crippen molar-refractivity contribution >= 4 is 33.3 Å². The zero-order valence-corrected chi connectivity index (χ0v) is 11.3. The molecule has 0 bridgehead atoms. The summed E-state index contributed by atoms with van der Waals surface area (Å²) < 4.78 is 28.9. The van der Waals surface area contributed by atoms with Crippen LogP contribution >= 0.6 is 0 Å². The molecule has 4 aromatic rings. The Labute approximate surface area is 127 Å². The van der Waals surface area contributed by atoms with Crippen LogP contribution in [0.5, 0.6) is 0 Å². The Kier molecular flexibility index (Phi) is 2.06. The molecule has 2 nitrogen and oxygen atoms in total. The predicted octanol–water partition coefficient (Wildman–Crippen LogP) is 5.64. The SMILES string of the molecule is [2H]C([2H])([2H])c1cccc2c1oc1ccc(Nc3ccccc3)cc12. The van der Waals surface area contributed by atoms with Gasteiger partial charge in [-0.2, -0.15) is 0 Å². The Hall–Kier alpha value is -2.74. The minimum atomic E-state index is -2.20. The Morgan fingerprint density at radius 1 is 0.857 bits per heavy atom. The van der Waals surface area contributed by atoms with Gasteiger partial charge in [-0.05, 0) is 42.7 Å². The standard InChI is InChI=1S/C19H15NO/c1-13-6-5-9-16-17-12-15(10-11-18(17)21-19(13)16)20-14-7-3-2-4-8-14/h2-12,20H,1H3/i1D3. The highest BCUT2D eigenvalue weighted by molar-refractivity contribution is 6.07. The zero-order valence-electron chi connectivity index (χ0n) is 14.3. The van der Waals surface area contributed by atoms with Gasteiger partial charge >= 0.3 is 0 Å². The van der Waals surface area contributed by atoms with E-state index < -0.39 is 6.85 Å². The van der Waals surface area contributed by atoms with Gasteiger partial charge in [0.15, 0.2) is 0 Å². The van der Waals surface area contributed by atoms with Crippen LogP contribution in [0.25, 0.3) is 21.9 Å². The molecule has 0 aliphatic rings. The van der Waals surface area contributed by atoms with E-state index in [9.17, 15) is 0 Å². The summed E-state index contributed by atoms with van der Waals surface area (Å²) >= 11 is 0. The van der Waals surface area contributed by atoms with Crippen LogP contribution in [0.4, 0.5) is 11.4 Å². The van der Waals surface area contributed by atoms with Crippen molar-refractivity contribution in [3.63, 3.8) is 0 Å². The van der Waals surface area contributed by atoms with Gasteiger partial charge in [0.05, 0.1) is 0 Å². The number of anilines is 2. The quantitative estimate of drug-likeness (QED) is 0.512. The number of para-hydroxylation sites is 2. The second-order valence-electron chi connectivity index (χ2n) is 4.99. The summed E-state index contributed by atoms with van der Waals surface area (Å²) in [6.45, 7) is -2.20. The van der Waals surface area contributed by atoms with Crippen LogP contribution in [0.2, 0.25) is 0 Å². The molecule has 3 aromatic carbocycles. The number of nitrogens with one attached hydrogen (secondary N) is 1. The lowest BCUT2D eigenvalue weighted by Gasteiger charge is -2.05. The number of hydrogen-bond donors (Lipinski definition) is 1. The maximum absolute atomic E-state index is 7.68. The third kappa shape index (κ3) is 2.05. The highest BCUT2D eigenvalue weighted by atomic mass is 16.3. The highest BCUT2D eigenvalue weighted by Crippen LogP contribution is 2.32. The van der Waals surface area contributed by atoms with Crippen molar-refractivity contribution in [3.05, 3.63) is 72.3 Å². The molecule has 0 saturated carbocycles. The van der Waals surface area contributed by atoms with Crippen LogP contribution in [-0.2, 0) is 0 Å². The van der Waals surface area contributed by atoms with E-state index in [-0.39, 0.29) is 5.56 Å². The lowest BCUT2D eigenvalue weighted by molar-refractivity contribution is 0.666. The Morgan fingerprint density at radius 3 is 2.62 bits per heavy atom. The topological polar surface area (TPSA) is 25.2 Å². The normalized spacial score (nSPS) is 13.8. The molecule has 4 rings (SSSR count). The van der Waals surface area contributed by atoms with E-state index in [1.165, 1.54) is 0 Å². The number of furan rings is 1. The van der Waals surface area contributed by atoms with Crippen LogP contribution in [0.1, 0.15) is 9.68 Å². The summed E-state index contributed by atoms with van der Waals surface area (Å²) in [5.41, 5.74) is 3.28. The van der Waals surface area contributed by atoms with Gasteiger partial charge in [0.2, 0.25) is 0 Å². The van der Waals surface area contributed by atoms with Crippen molar-refractivity contribution in [3.8, 4) is 0 Å². The van der Waals surface area contributed by atoms with E-state index in [0.29, 0.717) is 11.2 Å². The Balaban J connectivity index is 1.86. The average molecular weight is 276 g/mol. The first kappa shape index (κ1) is 9.24. The van der Waals surface area contributed by atoms with E-state index in [2.05, 4.69) is 5.32 Å². The fraction of sp³-hybridized carbons (Fsp3) is 0.0526. The Bertz CT molecular complexity index is 1020. The molecule has 1 N–H and O–H groups in total. The number of aryl methyl sites for hydroxylation is 1. The molecule has 0 fully saturated rings. The first-order chi connectivity index (χ1) is 11.5. The molecule has 0 aliphatic carbocycles. The van der Waals surface area contributed by atoms with Crippen LogP contribution in [0.15, 0.2) is 71.1 Å². The maximum Gasteiger partial charge on any atom is 0.138 e. The molecular formula is C19H15NO. The monoisotopic (exact) mass is 276 g/mol. The second kappa shape index (κ2) is 4.67. The Morgan fingerprint density at radius 2 is 1.76 bits per heavy atom. The van der Waals surface area contributed by atoms with E-state index in [4.69, 9.17) is 8.53 Å². The number of rotatable bonds is 2. The summed E-state index contributed by atoms with van der Waals surface area (Å²) in [6, 6.07) is 20.9. The van der Waals surface area contributed by atoms with Crippen molar-refractivity contribution in [2.75, 3.05) is 5.32 Å². The molecule has 0 aliphatic heterocycles. The summed E-state index contributed by atoms with van der Waals surface area (Å²) in [5, 5.41) is 5.06. The summed E-state index contributed by atoms with van der Waals surface area (Å²) in [7, 11) is 0. The molecule has 1 aromatic heterocycles. The van der Waals surface area contributed by atoms with Crippen molar-refractivity contribution in [1.29, 1.82) is 0 Å². The van der Waals surface area contributed by atoms with Gasteiger partial charge in [0.25, 0.3) is 0 Å². The van der Waals surface area contributed by atoms with Gasteiger partial charge in [-0.25, -0.2) is 0 Å². The van der Waals surface area contributed by atoms with Gasteiger partial charge in [-0.15, -0.1) is 0 Å². The van der Waals surface area contributed by atoms with Gasteiger partial charge in [0, 0.05) is 26.3 Å². The van der Waals surface area contributed by atoms with Crippen molar-refractivity contribution < 1.29 is 8.53 Å². The fourth-order valence-corrected chi connectivity index (χ4v) is 2.56. The van der Waals surface area contributed by atoms with Gasteiger partial charge < -0.3 is 9.73 Å². The zero-order chi connectivity index (χ0) is 16.7. The summed E-state index contributed by atoms with van der Waals surface area (Å²) in [5.74, 6) is 0. The highest BCUT2D eigenvalue weighted by Gasteiger charge is 2.09. The second-order valence-corrected chi connectivity index (χ2v) is 4.99. The molecule has 2 heteroatoms. The largest absolute Gasteiger partial charge is 0.456 e. The maximum atomic E-state index is 7.68. The minimum absolute atomic E-state index is 0.244. The molecule has 0 saturated heterocycles. The van der Waals surface area contributed by atoms with E-state index in [1.54, 1.807) is 12.1 Å². The summed E-state index contributed by atoms with van der Waals surface area (Å²) in [6.07, 6.45) is 0. The van der Waals surface area contributed by atoms with Crippen molar-refractivity contribution in [2.45, 2.75) is 6.85 Å². The lowest BCUT2D eigenvalue weighted by atomic mass is 10.1. The molecule has 0 amide bonds. The molecule has 102 valence electrons. The van der Waals surface area contributed by atoms with Gasteiger partial charge in [0.1, 0.15) is 11.2 Å². The molecular weight excluding hydrogens is 258 g/mol. The van der Waals surface area contributed by atoms with E-state index >= 15 is 0 Å². The third-order valence-corrected chi connectivity index (χ3v) is 3.56. The van der Waals surface area contributed by atoms with Crippen LogP contribution in [0, 0.1) is 6.85 Å². The molecule has 1 heterocycles. The van der Waals surface area contributed by atoms with Crippen LogP contribution in [-0.4, -0.2) is 0 Å².